The molecule has 0 bridgehead atoms. The van der Waals surface area contributed by atoms with Crippen molar-refractivity contribution in [1.82, 2.24) is 56.4 Å². The maximum atomic E-state index is 15.3. The van der Waals surface area contributed by atoms with Crippen molar-refractivity contribution in [3.63, 3.8) is 0 Å². The fraction of sp³-hybridized carbons (Fsp3) is 0.627. The Morgan fingerprint density at radius 2 is 1.13 bits per heavy atom. The van der Waals surface area contributed by atoms with E-state index in [1.54, 1.807) is 58.0 Å². The number of rotatable bonds is 14. The Balaban J connectivity index is 1.89. The van der Waals surface area contributed by atoms with Gasteiger partial charge in [-0.05, 0) is 101 Å². The smallest absolute Gasteiger partial charge is 0.268 e. The molecule has 7 N–H and O–H groups in total. The van der Waals surface area contributed by atoms with Crippen LogP contribution < -0.4 is 31.9 Å². The van der Waals surface area contributed by atoms with E-state index in [-0.39, 0.29) is 37.5 Å². The molecule has 0 unspecified atom stereocenters. The molecule has 2 heterocycles. The third kappa shape index (κ3) is 22.1. The number of likely N-dealkylation sites (tertiary alicyclic amines) is 1. The highest BCUT2D eigenvalue weighted by molar-refractivity contribution is 6.29. The molecule has 0 aromatic heterocycles. The number of hydrogen-bond donors (Lipinski definition) is 7. The second-order valence-corrected chi connectivity index (χ2v) is 25.9. The first-order valence-corrected chi connectivity index (χ1v) is 32.3. The monoisotopic (exact) mass is 1280 g/mol. The maximum Gasteiger partial charge on any atom is 0.268 e. The predicted octanol–water partition coefficient (Wildman–Crippen LogP) is 2.31. The van der Waals surface area contributed by atoms with Crippen molar-refractivity contribution < 1.29 is 62.6 Å². The number of carbonyl (C=O) groups is 12. The Bertz CT molecular complexity index is 2900. The van der Waals surface area contributed by atoms with E-state index in [1.165, 1.54) is 68.6 Å². The Morgan fingerprint density at radius 1 is 0.576 bits per heavy atom. The van der Waals surface area contributed by atoms with Gasteiger partial charge < -0.3 is 61.5 Å². The topological polar surface area (TPSA) is 326 Å². The van der Waals surface area contributed by atoms with E-state index in [2.05, 4.69) is 36.9 Å². The molecule has 2 aromatic rings. The molecule has 1 fully saturated rings. The van der Waals surface area contributed by atoms with Gasteiger partial charge in [-0.15, -0.1) is 0 Å². The van der Waals surface area contributed by atoms with Crippen LogP contribution >= 0.6 is 0 Å². The zero-order valence-electron chi connectivity index (χ0n) is 56.5. The first kappa shape index (κ1) is 76.4. The van der Waals surface area contributed by atoms with Crippen LogP contribution in [0.4, 0.5) is 0 Å². The van der Waals surface area contributed by atoms with Crippen molar-refractivity contribution in [3.05, 3.63) is 71.8 Å². The van der Waals surface area contributed by atoms with Gasteiger partial charge in [-0.25, -0.2) is 4.99 Å². The first-order chi connectivity index (χ1) is 43.3. The highest BCUT2D eigenvalue weighted by Crippen LogP contribution is 2.23. The molecule has 0 saturated carbocycles. The molecular formula is C67H102N12O13. The SMILES string of the molecule is CC[C@H](C)[C@@H]1NC(=O)[C@H](Cc2ccccc2)N(C)C(=O)[C@H](CCc2ccccc2)NC(=O)[C@H](C(C)C)N(C)C(=O)[C@H](CC(C)C)N(C)C(=O)[C@H](CC(C)C)NC(=O)[C@@H](C)NC(=O)C[C@@H](C(=O)N2CCCCC2)NC(=O)[C@H]([C@@H](C)O)NC(=O)/C=N\C(=O)[C@H](C)N(C)C1=O. The number of nitrogens with zero attached hydrogens (tertiary/aromatic N) is 6. The average Bonchev–Trinajstić information content (AvgIpc) is 2.25. The number of aliphatic hydroxyl groups is 1. The minimum Gasteiger partial charge on any atom is -0.391 e. The predicted molar refractivity (Wildman–Crippen MR) is 348 cm³/mol. The fourth-order valence-corrected chi connectivity index (χ4v) is 11.4. The Kier molecular flexibility index (Phi) is 30.1. The summed E-state index contributed by atoms with van der Waals surface area (Å²) in [4.78, 5) is 184. The molecule has 12 atom stereocenters. The molecular weight excluding hydrogens is 1180 g/mol. The summed E-state index contributed by atoms with van der Waals surface area (Å²) in [5.41, 5.74) is 1.50. The van der Waals surface area contributed by atoms with E-state index in [1.807, 2.05) is 58.0 Å². The molecule has 25 heteroatoms. The average molecular weight is 1280 g/mol. The Morgan fingerprint density at radius 3 is 1.68 bits per heavy atom. The number of aliphatic hydroxyl groups excluding tert-OH is 1. The van der Waals surface area contributed by atoms with Crippen molar-refractivity contribution in [2.75, 3.05) is 41.3 Å². The van der Waals surface area contributed by atoms with Crippen LogP contribution in [-0.2, 0) is 70.4 Å². The molecule has 0 aliphatic carbocycles. The zero-order chi connectivity index (χ0) is 68.8. The molecule has 12 amide bonds. The lowest BCUT2D eigenvalue weighted by Gasteiger charge is -2.38. The van der Waals surface area contributed by atoms with Gasteiger partial charge in [0.1, 0.15) is 60.4 Å². The largest absolute Gasteiger partial charge is 0.391 e. The van der Waals surface area contributed by atoms with E-state index >= 15 is 19.2 Å². The van der Waals surface area contributed by atoms with Crippen LogP contribution in [0.25, 0.3) is 0 Å². The molecule has 4 rings (SSSR count). The molecule has 25 nitrogen and oxygen atoms in total. The lowest BCUT2D eigenvalue weighted by atomic mass is 9.95. The number of aryl methyl sites for hydroxylation is 1. The normalized spacial score (nSPS) is 26.4. The van der Waals surface area contributed by atoms with Gasteiger partial charge in [0.2, 0.25) is 59.1 Å². The van der Waals surface area contributed by atoms with E-state index in [9.17, 15) is 43.5 Å². The number of nitrogens with one attached hydrogen (secondary N) is 6. The summed E-state index contributed by atoms with van der Waals surface area (Å²) >= 11 is 0. The van der Waals surface area contributed by atoms with E-state index < -0.39 is 156 Å². The highest BCUT2D eigenvalue weighted by atomic mass is 16.3. The van der Waals surface area contributed by atoms with E-state index in [0.29, 0.717) is 50.6 Å². The second kappa shape index (κ2) is 36.2. The lowest BCUT2D eigenvalue weighted by Crippen LogP contribution is -2.62. The van der Waals surface area contributed by atoms with Crippen LogP contribution in [0, 0.1) is 23.7 Å². The second-order valence-electron chi connectivity index (χ2n) is 25.9. The summed E-state index contributed by atoms with van der Waals surface area (Å²) in [6.07, 6.45) is 1.28. The number of amides is 12. The van der Waals surface area contributed by atoms with Gasteiger partial charge in [-0.2, -0.15) is 0 Å². The summed E-state index contributed by atoms with van der Waals surface area (Å²) in [6, 6.07) is 4.64. The summed E-state index contributed by atoms with van der Waals surface area (Å²) in [6.45, 7) is 19.0. The van der Waals surface area contributed by atoms with E-state index in [0.717, 1.165) is 16.9 Å². The van der Waals surface area contributed by atoms with Crippen LogP contribution in [0.15, 0.2) is 65.7 Å². The van der Waals surface area contributed by atoms with Gasteiger partial charge in [0.15, 0.2) is 0 Å². The quantitative estimate of drug-likeness (QED) is 0.143. The number of piperidine rings is 1. The Hall–Kier alpha value is -8.09. The van der Waals surface area contributed by atoms with Gasteiger partial charge in [-0.3, -0.25) is 57.5 Å². The van der Waals surface area contributed by atoms with Crippen molar-refractivity contribution >= 4 is 77.1 Å². The van der Waals surface area contributed by atoms with Crippen molar-refractivity contribution in [2.24, 2.45) is 28.7 Å². The molecule has 1 saturated heterocycles. The summed E-state index contributed by atoms with van der Waals surface area (Å²) in [7, 11) is 5.65. The minimum absolute atomic E-state index is 0.0430. The summed E-state index contributed by atoms with van der Waals surface area (Å²) in [5.74, 6) is -11.0. The van der Waals surface area contributed by atoms with Crippen molar-refractivity contribution in [3.8, 4) is 0 Å². The Labute approximate surface area is 542 Å². The summed E-state index contributed by atoms with van der Waals surface area (Å²) in [5, 5.41) is 26.8. The standard InChI is InChI=1S/C67H102N12O13/c1-16-42(8)55-67(92)75(12)44(10)59(84)68-38-54(82)73-56(45(11)80)61(86)72-50(65(90)79-32-24-19-25-33-79)37-53(81)69-43(9)58(83)71-49(34-39(2)3)64(89)77(14)52(35-40(4)5)66(91)78(15)57(41(6)7)62(87)70-48(31-30-46-26-20-17-21-27-46)63(88)76(13)51(60(85)74-55)36-47-28-22-18-23-29-47/h17-18,20-23,26-29,38-45,48-52,55-57,80H,16,19,24-25,30-37H2,1-15H3,(H,69,81)(H,70,87)(H,71,83)(H,72,86)(H,73,82)(H,74,85)/b68-38-/t42-,43+,44-,45+,48-,49-,50-,51-,52-,55-,56-,57-/m0/s1. The molecule has 2 aromatic carbocycles. The number of carbonyl (C=O) groups excluding carboxylic acids is 12. The van der Waals surface area contributed by atoms with Crippen LogP contribution in [0.5, 0.6) is 0 Å². The number of aliphatic imine (C=N–C) groups is 1. The van der Waals surface area contributed by atoms with Gasteiger partial charge in [0, 0.05) is 47.7 Å². The first-order valence-electron chi connectivity index (χ1n) is 32.3. The number of hydrogen-bond acceptors (Lipinski definition) is 13. The van der Waals surface area contributed by atoms with Gasteiger partial charge in [0.25, 0.3) is 11.8 Å². The third-order valence-corrected chi connectivity index (χ3v) is 17.2. The molecule has 508 valence electrons. The zero-order valence-corrected chi connectivity index (χ0v) is 56.5. The fourth-order valence-electron chi connectivity index (χ4n) is 11.4. The maximum absolute atomic E-state index is 15.3. The molecule has 92 heavy (non-hydrogen) atoms. The molecule has 2 aliphatic rings. The summed E-state index contributed by atoms with van der Waals surface area (Å²) < 4.78 is 0. The highest BCUT2D eigenvalue weighted by Gasteiger charge is 2.43. The third-order valence-electron chi connectivity index (χ3n) is 17.2. The van der Waals surface area contributed by atoms with Crippen molar-refractivity contribution in [1.29, 1.82) is 0 Å². The van der Waals surface area contributed by atoms with E-state index in [4.69, 9.17) is 0 Å². The van der Waals surface area contributed by atoms with Gasteiger partial charge in [0.05, 0.1) is 18.7 Å². The van der Waals surface area contributed by atoms with Crippen LogP contribution in [0.3, 0.4) is 0 Å². The number of likely N-dealkylation sites (N-methyl/N-ethyl adjacent to an activating group) is 4. The van der Waals surface area contributed by atoms with Gasteiger partial charge >= 0.3 is 0 Å². The van der Waals surface area contributed by atoms with Gasteiger partial charge in [-0.1, -0.05) is 122 Å². The lowest BCUT2D eigenvalue weighted by molar-refractivity contribution is -0.151. The number of benzene rings is 2. The van der Waals surface area contributed by atoms with Crippen molar-refractivity contribution in [2.45, 2.75) is 207 Å². The molecule has 2 aliphatic heterocycles. The van der Waals surface area contributed by atoms with Crippen LogP contribution in [0.1, 0.15) is 139 Å². The molecule has 0 radical (unpaired) electrons. The van der Waals surface area contributed by atoms with Crippen LogP contribution in [0.2, 0.25) is 0 Å². The molecule has 0 spiro atoms. The van der Waals surface area contributed by atoms with Crippen LogP contribution in [-0.4, -0.2) is 215 Å². The minimum atomic E-state index is -1.77.